The van der Waals surface area contributed by atoms with Crippen molar-refractivity contribution in [3.05, 3.63) is 83.3 Å². The fourth-order valence-electron chi connectivity index (χ4n) is 2.66. The molecule has 0 fully saturated rings. The van der Waals surface area contributed by atoms with Gasteiger partial charge in [0, 0.05) is 17.8 Å². The molecule has 2 aromatic carbocycles. The molecule has 0 spiro atoms. The lowest BCUT2D eigenvalue weighted by Gasteiger charge is -2.15. The van der Waals surface area contributed by atoms with Crippen LogP contribution < -0.4 is 10.6 Å². The van der Waals surface area contributed by atoms with Crippen LogP contribution in [0.2, 0.25) is 0 Å². The molecule has 0 aliphatic rings. The van der Waals surface area contributed by atoms with Crippen LogP contribution in [0.1, 0.15) is 40.1 Å². The highest BCUT2D eigenvalue weighted by atomic mass is 16.1. The zero-order valence-electron chi connectivity index (χ0n) is 15.2. The summed E-state index contributed by atoms with van der Waals surface area (Å²) >= 11 is 0. The molecule has 5 heteroatoms. The summed E-state index contributed by atoms with van der Waals surface area (Å²) in [7, 11) is 0. The molecular formula is C21H22N4O. The second-order valence-corrected chi connectivity index (χ2v) is 6.34. The number of hydrogen-bond acceptors (Lipinski definition) is 4. The molecule has 0 aliphatic heterocycles. The molecule has 1 heterocycles. The molecule has 2 N–H and O–H groups in total. The third-order valence-corrected chi connectivity index (χ3v) is 4.20. The maximum absolute atomic E-state index is 12.6. The van der Waals surface area contributed by atoms with Crippen LogP contribution in [0, 0.1) is 13.8 Å². The van der Waals surface area contributed by atoms with Crippen LogP contribution in [0.4, 0.5) is 11.5 Å². The molecule has 0 radical (unpaired) electrons. The third-order valence-electron chi connectivity index (χ3n) is 4.20. The topological polar surface area (TPSA) is 66.9 Å². The van der Waals surface area contributed by atoms with Gasteiger partial charge in [0.15, 0.2) is 0 Å². The highest BCUT2D eigenvalue weighted by Crippen LogP contribution is 2.19. The number of nitrogens with one attached hydrogen (secondary N) is 2. The van der Waals surface area contributed by atoms with Gasteiger partial charge in [-0.15, -0.1) is 0 Å². The summed E-state index contributed by atoms with van der Waals surface area (Å²) in [5.41, 5.74) is 4.36. The Kier molecular flexibility index (Phi) is 5.27. The van der Waals surface area contributed by atoms with Gasteiger partial charge in [-0.2, -0.15) is 0 Å². The molecule has 26 heavy (non-hydrogen) atoms. The molecule has 1 unspecified atom stereocenters. The van der Waals surface area contributed by atoms with Crippen LogP contribution >= 0.6 is 0 Å². The van der Waals surface area contributed by atoms with Crippen molar-refractivity contribution in [3.63, 3.8) is 0 Å². The number of benzene rings is 2. The Morgan fingerprint density at radius 3 is 2.54 bits per heavy atom. The van der Waals surface area contributed by atoms with E-state index in [0.29, 0.717) is 11.5 Å². The van der Waals surface area contributed by atoms with E-state index < -0.39 is 0 Å². The molecule has 0 saturated heterocycles. The maximum atomic E-state index is 12.6. The minimum Gasteiger partial charge on any atom is -0.363 e. The fourth-order valence-corrected chi connectivity index (χ4v) is 2.66. The van der Waals surface area contributed by atoms with Gasteiger partial charge >= 0.3 is 0 Å². The zero-order valence-corrected chi connectivity index (χ0v) is 15.2. The Balaban J connectivity index is 1.74. The number of rotatable bonds is 5. The van der Waals surface area contributed by atoms with Gasteiger partial charge in [-0.1, -0.05) is 42.5 Å². The Morgan fingerprint density at radius 2 is 1.77 bits per heavy atom. The van der Waals surface area contributed by atoms with Crippen molar-refractivity contribution < 1.29 is 4.79 Å². The normalized spacial score (nSPS) is 11.7. The maximum Gasteiger partial charge on any atom is 0.274 e. The van der Waals surface area contributed by atoms with Crippen LogP contribution in [-0.2, 0) is 0 Å². The Labute approximate surface area is 153 Å². The highest BCUT2D eigenvalue weighted by molar-refractivity contribution is 6.03. The zero-order chi connectivity index (χ0) is 18.5. The number of aromatic nitrogens is 2. The van der Waals surface area contributed by atoms with Crippen molar-refractivity contribution in [1.82, 2.24) is 9.97 Å². The van der Waals surface area contributed by atoms with Gasteiger partial charge in [0.2, 0.25) is 0 Å². The largest absolute Gasteiger partial charge is 0.363 e. The minimum atomic E-state index is -0.253. The minimum absolute atomic E-state index is 0.0704. The number of anilines is 2. The smallest absolute Gasteiger partial charge is 0.274 e. The average Bonchev–Trinajstić information content (AvgIpc) is 2.65. The molecule has 1 aromatic heterocycles. The number of carbonyl (C=O) groups is 1. The SMILES string of the molecule is Cc1ccc(C)c(NC(=O)c2cc(NC(C)c3ccccc3)ncn2)c1. The predicted octanol–water partition coefficient (Wildman–Crippen LogP) is 4.52. The molecule has 1 atom stereocenters. The third kappa shape index (κ3) is 4.25. The molecule has 132 valence electrons. The standard InChI is InChI=1S/C21H22N4O/c1-14-9-10-15(2)18(11-14)25-21(26)19-12-20(23-13-22-19)24-16(3)17-7-5-4-6-8-17/h4-13,16H,1-3H3,(H,25,26)(H,22,23,24). The van der Waals surface area contributed by atoms with E-state index in [2.05, 4.69) is 20.6 Å². The summed E-state index contributed by atoms with van der Waals surface area (Å²) in [4.78, 5) is 20.9. The van der Waals surface area contributed by atoms with Gasteiger partial charge in [0.25, 0.3) is 5.91 Å². The first-order chi connectivity index (χ1) is 12.5. The Morgan fingerprint density at radius 1 is 1.00 bits per heavy atom. The number of hydrogen-bond donors (Lipinski definition) is 2. The van der Waals surface area contributed by atoms with Gasteiger partial charge in [-0.3, -0.25) is 4.79 Å². The average molecular weight is 346 g/mol. The van der Waals surface area contributed by atoms with E-state index in [1.165, 1.54) is 6.33 Å². The van der Waals surface area contributed by atoms with Gasteiger partial charge < -0.3 is 10.6 Å². The van der Waals surface area contributed by atoms with Crippen molar-refractivity contribution >= 4 is 17.4 Å². The van der Waals surface area contributed by atoms with E-state index in [1.807, 2.05) is 69.3 Å². The Bertz CT molecular complexity index is 909. The van der Waals surface area contributed by atoms with Gasteiger partial charge in [0.05, 0.1) is 0 Å². The van der Waals surface area contributed by atoms with Gasteiger partial charge in [-0.05, 0) is 43.5 Å². The molecule has 0 bridgehead atoms. The second-order valence-electron chi connectivity index (χ2n) is 6.34. The number of aryl methyl sites for hydroxylation is 2. The number of carbonyl (C=O) groups excluding carboxylic acids is 1. The Hall–Kier alpha value is -3.21. The lowest BCUT2D eigenvalue weighted by Crippen LogP contribution is -2.16. The van der Waals surface area contributed by atoms with Crippen molar-refractivity contribution in [3.8, 4) is 0 Å². The molecule has 5 nitrogen and oxygen atoms in total. The van der Waals surface area contributed by atoms with Crippen molar-refractivity contribution in [2.24, 2.45) is 0 Å². The molecule has 1 amide bonds. The summed E-state index contributed by atoms with van der Waals surface area (Å²) < 4.78 is 0. The molecule has 0 saturated carbocycles. The first kappa shape index (κ1) is 17.6. The first-order valence-corrected chi connectivity index (χ1v) is 8.55. The van der Waals surface area contributed by atoms with E-state index in [4.69, 9.17) is 0 Å². The van der Waals surface area contributed by atoms with Gasteiger partial charge in [-0.25, -0.2) is 9.97 Å². The molecular weight excluding hydrogens is 324 g/mol. The summed E-state index contributed by atoms with van der Waals surface area (Å²) in [6, 6.07) is 17.8. The van der Waals surface area contributed by atoms with E-state index in [0.717, 1.165) is 22.4 Å². The lowest BCUT2D eigenvalue weighted by molar-refractivity contribution is 0.102. The summed E-state index contributed by atoms with van der Waals surface area (Å²) in [6.45, 7) is 6.00. The van der Waals surface area contributed by atoms with Crippen LogP contribution in [-0.4, -0.2) is 15.9 Å². The number of nitrogens with zero attached hydrogens (tertiary/aromatic N) is 2. The van der Waals surface area contributed by atoms with E-state index in [9.17, 15) is 4.79 Å². The van der Waals surface area contributed by atoms with Crippen LogP contribution in [0.5, 0.6) is 0 Å². The monoisotopic (exact) mass is 346 g/mol. The van der Waals surface area contributed by atoms with Crippen LogP contribution in [0.15, 0.2) is 60.9 Å². The molecule has 3 rings (SSSR count). The molecule has 0 aliphatic carbocycles. The summed E-state index contributed by atoms with van der Waals surface area (Å²) in [5.74, 6) is 0.360. The molecule has 3 aromatic rings. The number of amides is 1. The summed E-state index contributed by atoms with van der Waals surface area (Å²) in [5, 5.41) is 6.23. The highest BCUT2D eigenvalue weighted by Gasteiger charge is 2.12. The summed E-state index contributed by atoms with van der Waals surface area (Å²) in [6.07, 6.45) is 1.40. The van der Waals surface area contributed by atoms with Crippen molar-refractivity contribution in [1.29, 1.82) is 0 Å². The second kappa shape index (κ2) is 7.78. The van der Waals surface area contributed by atoms with Crippen LogP contribution in [0.3, 0.4) is 0 Å². The quantitative estimate of drug-likeness (QED) is 0.713. The van der Waals surface area contributed by atoms with Crippen molar-refractivity contribution in [2.75, 3.05) is 10.6 Å². The van der Waals surface area contributed by atoms with Gasteiger partial charge in [0.1, 0.15) is 17.8 Å². The predicted molar refractivity (Wildman–Crippen MR) is 104 cm³/mol. The fraction of sp³-hybridized carbons (Fsp3) is 0.190. The lowest BCUT2D eigenvalue weighted by atomic mass is 10.1. The van der Waals surface area contributed by atoms with E-state index in [-0.39, 0.29) is 11.9 Å². The van der Waals surface area contributed by atoms with Crippen molar-refractivity contribution in [2.45, 2.75) is 26.8 Å². The first-order valence-electron chi connectivity index (χ1n) is 8.55. The van der Waals surface area contributed by atoms with Crippen LogP contribution in [0.25, 0.3) is 0 Å². The van der Waals surface area contributed by atoms with E-state index >= 15 is 0 Å². The van der Waals surface area contributed by atoms with E-state index in [1.54, 1.807) is 6.07 Å².